The highest BCUT2D eigenvalue weighted by atomic mass is 16.2. The molecular weight excluding hydrogens is 390 g/mol. The molecular formula is C23H27N7O. The molecule has 31 heavy (non-hydrogen) atoms. The number of pyridine rings is 2. The van der Waals surface area contributed by atoms with Crippen LogP contribution in [0.5, 0.6) is 0 Å². The van der Waals surface area contributed by atoms with E-state index in [9.17, 15) is 4.79 Å². The Morgan fingerprint density at radius 3 is 2.84 bits per heavy atom. The molecule has 3 aromatic rings. The van der Waals surface area contributed by atoms with Crippen LogP contribution in [0.25, 0.3) is 11.5 Å². The number of amides is 1. The lowest BCUT2D eigenvalue weighted by Crippen LogP contribution is -2.28. The number of carbonyl (C=O) groups excluding carboxylic acids is 1. The Bertz CT molecular complexity index is 1180. The zero-order valence-electron chi connectivity index (χ0n) is 18.4. The van der Waals surface area contributed by atoms with Crippen molar-refractivity contribution in [3.05, 3.63) is 52.6 Å². The molecule has 1 N–H and O–H groups in total. The Kier molecular flexibility index (Phi) is 4.62. The number of nitrogens with one attached hydrogen (secondary N) is 1. The summed E-state index contributed by atoms with van der Waals surface area (Å²) >= 11 is 0. The number of carbonyl (C=O) groups is 1. The van der Waals surface area contributed by atoms with Crippen LogP contribution in [0.3, 0.4) is 0 Å². The van der Waals surface area contributed by atoms with Gasteiger partial charge < -0.3 is 9.88 Å². The zero-order chi connectivity index (χ0) is 21.8. The molecule has 0 bridgehead atoms. The molecule has 0 aliphatic carbocycles. The van der Waals surface area contributed by atoms with Gasteiger partial charge in [-0.05, 0) is 45.0 Å². The summed E-state index contributed by atoms with van der Waals surface area (Å²) in [5.74, 6) is 2.36. The summed E-state index contributed by atoms with van der Waals surface area (Å²) in [7, 11) is 1.89. The van der Waals surface area contributed by atoms with Crippen LogP contribution >= 0.6 is 0 Å². The number of rotatable bonds is 4. The highest BCUT2D eigenvalue weighted by molar-refractivity contribution is 6.09. The molecule has 0 saturated heterocycles. The fraction of sp³-hybridized carbons (Fsp3) is 0.435. The predicted octanol–water partition coefficient (Wildman–Crippen LogP) is 2.99. The molecule has 0 radical (unpaired) electrons. The summed E-state index contributed by atoms with van der Waals surface area (Å²) in [6.07, 6.45) is 2.19. The van der Waals surface area contributed by atoms with Crippen LogP contribution in [0.1, 0.15) is 59.8 Å². The van der Waals surface area contributed by atoms with E-state index in [0.29, 0.717) is 24.5 Å². The molecule has 5 rings (SSSR count). The van der Waals surface area contributed by atoms with Gasteiger partial charge in [0.2, 0.25) is 0 Å². The minimum Gasteiger partial charge on any atom is -0.314 e. The van der Waals surface area contributed by atoms with Crippen molar-refractivity contribution < 1.29 is 4.79 Å². The number of aryl methyl sites for hydroxylation is 1. The molecule has 0 atom stereocenters. The van der Waals surface area contributed by atoms with Crippen molar-refractivity contribution in [3.63, 3.8) is 0 Å². The lowest BCUT2D eigenvalue weighted by molar-refractivity contribution is 0.0996. The molecule has 2 aliphatic rings. The van der Waals surface area contributed by atoms with Gasteiger partial charge in [-0.1, -0.05) is 19.9 Å². The van der Waals surface area contributed by atoms with E-state index in [2.05, 4.69) is 38.9 Å². The van der Waals surface area contributed by atoms with Crippen molar-refractivity contribution >= 4 is 11.7 Å². The molecule has 8 nitrogen and oxygen atoms in total. The van der Waals surface area contributed by atoms with E-state index in [0.717, 1.165) is 53.7 Å². The molecule has 8 heteroatoms. The Morgan fingerprint density at radius 2 is 2.03 bits per heavy atom. The van der Waals surface area contributed by atoms with Crippen LogP contribution in [0.4, 0.5) is 5.82 Å². The predicted molar refractivity (Wildman–Crippen MR) is 118 cm³/mol. The van der Waals surface area contributed by atoms with E-state index in [4.69, 9.17) is 4.98 Å². The average molecular weight is 418 g/mol. The molecule has 0 saturated carbocycles. The number of hydrogen-bond acceptors (Lipinski definition) is 6. The van der Waals surface area contributed by atoms with Crippen molar-refractivity contribution in [1.82, 2.24) is 30.0 Å². The Labute approximate surface area is 181 Å². The molecule has 1 amide bonds. The van der Waals surface area contributed by atoms with E-state index in [1.54, 1.807) is 4.90 Å². The highest BCUT2D eigenvalue weighted by Crippen LogP contribution is 2.35. The maximum absolute atomic E-state index is 13.2. The van der Waals surface area contributed by atoms with Gasteiger partial charge in [-0.25, -0.2) is 4.98 Å². The molecule has 0 spiro atoms. The van der Waals surface area contributed by atoms with Gasteiger partial charge in [0.1, 0.15) is 17.3 Å². The lowest BCUT2D eigenvalue weighted by Gasteiger charge is -2.29. The van der Waals surface area contributed by atoms with Crippen LogP contribution in [0.2, 0.25) is 0 Å². The molecule has 3 aromatic heterocycles. The van der Waals surface area contributed by atoms with Crippen LogP contribution < -0.4 is 10.2 Å². The topological polar surface area (TPSA) is 88.8 Å². The number of fused-ring (bicyclic) bond motifs is 2. The summed E-state index contributed by atoms with van der Waals surface area (Å²) in [6, 6.07) is 7.62. The van der Waals surface area contributed by atoms with Crippen LogP contribution in [-0.2, 0) is 25.0 Å². The van der Waals surface area contributed by atoms with Gasteiger partial charge in [0.25, 0.3) is 5.91 Å². The summed E-state index contributed by atoms with van der Waals surface area (Å²) in [5, 5.41) is 12.1. The third kappa shape index (κ3) is 3.22. The Balaban J connectivity index is 1.52. The molecule has 160 valence electrons. The first-order valence-electron chi connectivity index (χ1n) is 10.8. The van der Waals surface area contributed by atoms with E-state index in [1.165, 1.54) is 0 Å². The second-order valence-corrected chi connectivity index (χ2v) is 9.03. The van der Waals surface area contributed by atoms with Crippen molar-refractivity contribution in [1.29, 1.82) is 0 Å². The largest absolute Gasteiger partial charge is 0.314 e. The number of anilines is 1. The summed E-state index contributed by atoms with van der Waals surface area (Å²) < 4.78 is 2.18. The molecule has 2 aliphatic heterocycles. The monoisotopic (exact) mass is 417 g/mol. The van der Waals surface area contributed by atoms with Gasteiger partial charge in [-0.15, -0.1) is 10.2 Å². The van der Waals surface area contributed by atoms with Crippen molar-refractivity contribution in [2.75, 3.05) is 11.9 Å². The minimum absolute atomic E-state index is 0.00223. The maximum Gasteiger partial charge on any atom is 0.260 e. The number of aromatic nitrogens is 5. The first-order valence-corrected chi connectivity index (χ1v) is 10.8. The SMILES string of the molecule is CNCc1nc(C)cc2c1CN(c1cccc(-c3nnc4n3CCCC4(C)C)n1)C2=O. The maximum atomic E-state index is 13.2. The van der Waals surface area contributed by atoms with E-state index >= 15 is 0 Å². The number of nitrogens with zero attached hydrogens (tertiary/aromatic N) is 6. The van der Waals surface area contributed by atoms with Crippen molar-refractivity contribution in [2.24, 2.45) is 0 Å². The molecule has 5 heterocycles. The fourth-order valence-electron chi connectivity index (χ4n) is 4.70. The van der Waals surface area contributed by atoms with Crippen LogP contribution in [0, 0.1) is 6.92 Å². The average Bonchev–Trinajstić information content (AvgIpc) is 3.31. The molecule has 0 aromatic carbocycles. The van der Waals surface area contributed by atoms with Crippen molar-refractivity contribution in [2.45, 2.75) is 58.7 Å². The first-order chi connectivity index (χ1) is 14.9. The van der Waals surface area contributed by atoms with E-state index < -0.39 is 0 Å². The van der Waals surface area contributed by atoms with Crippen LogP contribution in [-0.4, -0.2) is 37.7 Å². The minimum atomic E-state index is -0.0353. The van der Waals surface area contributed by atoms with Gasteiger partial charge in [-0.2, -0.15) is 0 Å². The van der Waals surface area contributed by atoms with Gasteiger partial charge in [0, 0.05) is 35.3 Å². The van der Waals surface area contributed by atoms with Gasteiger partial charge >= 0.3 is 0 Å². The summed E-state index contributed by atoms with van der Waals surface area (Å²) in [5.41, 5.74) is 4.19. The lowest BCUT2D eigenvalue weighted by atomic mass is 9.84. The molecule has 0 fully saturated rings. The second kappa shape index (κ2) is 7.23. The third-order valence-electron chi connectivity index (χ3n) is 6.25. The van der Waals surface area contributed by atoms with Crippen molar-refractivity contribution in [3.8, 4) is 11.5 Å². The van der Waals surface area contributed by atoms with E-state index in [-0.39, 0.29) is 11.3 Å². The standard InChI is InChI=1S/C23H27N7O/c1-14-11-15-16(18(25-14)12-24-4)13-30(21(15)31)19-8-5-7-17(26-19)20-27-28-22-23(2,3)9-6-10-29(20)22/h5,7-8,11,24H,6,9-10,12-13H2,1-4H3. The smallest absolute Gasteiger partial charge is 0.260 e. The number of hydrogen-bond donors (Lipinski definition) is 1. The van der Waals surface area contributed by atoms with Crippen LogP contribution in [0.15, 0.2) is 24.3 Å². The summed E-state index contributed by atoms with van der Waals surface area (Å²) in [6.45, 7) is 8.32. The zero-order valence-corrected chi connectivity index (χ0v) is 18.4. The Morgan fingerprint density at radius 1 is 1.19 bits per heavy atom. The highest BCUT2D eigenvalue weighted by Gasteiger charge is 2.34. The van der Waals surface area contributed by atoms with Gasteiger partial charge in [0.15, 0.2) is 5.82 Å². The van der Waals surface area contributed by atoms with Gasteiger partial charge in [0.05, 0.1) is 12.2 Å². The van der Waals surface area contributed by atoms with Gasteiger partial charge in [-0.3, -0.25) is 14.7 Å². The Hall–Kier alpha value is -3.13. The third-order valence-corrected chi connectivity index (χ3v) is 6.25. The second-order valence-electron chi connectivity index (χ2n) is 9.03. The normalized spacial score (nSPS) is 17.0. The van der Waals surface area contributed by atoms with E-state index in [1.807, 2.05) is 38.2 Å². The molecule has 0 unspecified atom stereocenters. The fourth-order valence-corrected chi connectivity index (χ4v) is 4.70. The first kappa shape index (κ1) is 19.8. The quantitative estimate of drug-likeness (QED) is 0.702. The summed E-state index contributed by atoms with van der Waals surface area (Å²) in [4.78, 5) is 24.4.